The Balaban J connectivity index is 2.55. The summed E-state index contributed by atoms with van der Waals surface area (Å²) in [6.07, 6.45) is 2.82. The van der Waals surface area contributed by atoms with Crippen molar-refractivity contribution in [2.75, 3.05) is 13.6 Å². The Bertz CT molecular complexity index is 317. The molecule has 0 amide bonds. The van der Waals surface area contributed by atoms with Crippen LogP contribution in [0.4, 0.5) is 8.78 Å². The Morgan fingerprint density at radius 1 is 1.56 bits per heavy atom. The zero-order valence-electron chi connectivity index (χ0n) is 9.48. The maximum atomic E-state index is 12.5. The van der Waals surface area contributed by atoms with E-state index in [-0.39, 0.29) is 0 Å². The Kier molecular flexibility index (Phi) is 4.82. The molecule has 1 heterocycles. The highest BCUT2D eigenvalue weighted by atomic mass is 19.3. The molecule has 0 saturated heterocycles. The van der Waals surface area contributed by atoms with Gasteiger partial charge in [-0.25, -0.2) is 4.98 Å². The smallest absolute Gasteiger partial charge is 0.319 e. The lowest BCUT2D eigenvalue weighted by atomic mass is 10.2. The minimum Gasteiger partial charge on any atom is -0.392 e. The monoisotopic (exact) mass is 233 g/mol. The highest BCUT2D eigenvalue weighted by Crippen LogP contribution is 2.13. The molecule has 1 unspecified atom stereocenters. The van der Waals surface area contributed by atoms with Gasteiger partial charge in [-0.3, -0.25) is 9.47 Å². The summed E-state index contributed by atoms with van der Waals surface area (Å²) >= 11 is 0. The molecular formula is C10H17F2N3O. The van der Waals surface area contributed by atoms with Crippen molar-refractivity contribution in [2.45, 2.75) is 32.5 Å². The van der Waals surface area contributed by atoms with E-state index >= 15 is 0 Å². The Labute approximate surface area is 93.5 Å². The fourth-order valence-corrected chi connectivity index (χ4v) is 1.44. The Hall–Kier alpha value is -1.01. The first-order valence-electron chi connectivity index (χ1n) is 5.21. The molecular weight excluding hydrogens is 216 g/mol. The first kappa shape index (κ1) is 13.1. The average molecular weight is 233 g/mol. The number of hydrogen-bond donors (Lipinski definition) is 1. The van der Waals surface area contributed by atoms with Gasteiger partial charge in [0.15, 0.2) is 0 Å². The van der Waals surface area contributed by atoms with Gasteiger partial charge in [0.1, 0.15) is 5.82 Å². The molecule has 1 atom stereocenters. The third-order valence-corrected chi connectivity index (χ3v) is 2.36. The van der Waals surface area contributed by atoms with Gasteiger partial charge in [-0.05, 0) is 13.5 Å². The summed E-state index contributed by atoms with van der Waals surface area (Å²) in [5.74, 6) is 0.306. The van der Waals surface area contributed by atoms with Crippen molar-refractivity contribution in [1.29, 1.82) is 0 Å². The van der Waals surface area contributed by atoms with E-state index in [0.29, 0.717) is 25.3 Å². The number of aliphatic hydroxyl groups excluding tert-OH is 1. The van der Waals surface area contributed by atoms with Gasteiger partial charge in [-0.15, -0.1) is 0 Å². The average Bonchev–Trinajstić information content (AvgIpc) is 2.65. The first-order valence-corrected chi connectivity index (χ1v) is 5.21. The third kappa shape index (κ3) is 3.53. The van der Waals surface area contributed by atoms with Crippen molar-refractivity contribution in [2.24, 2.45) is 0 Å². The molecule has 1 aromatic heterocycles. The van der Waals surface area contributed by atoms with Crippen LogP contribution in [0.1, 0.15) is 25.7 Å². The minimum absolute atomic E-state index is 0.300. The zero-order chi connectivity index (χ0) is 12.1. The van der Waals surface area contributed by atoms with Crippen molar-refractivity contribution in [1.82, 2.24) is 14.5 Å². The molecule has 4 nitrogen and oxygen atoms in total. The second kappa shape index (κ2) is 5.91. The van der Waals surface area contributed by atoms with Crippen LogP contribution in [0.2, 0.25) is 0 Å². The molecule has 0 aromatic carbocycles. The number of imidazole rings is 1. The van der Waals surface area contributed by atoms with Crippen LogP contribution in [0.5, 0.6) is 0 Å². The fourth-order valence-electron chi connectivity index (χ4n) is 1.44. The van der Waals surface area contributed by atoms with Gasteiger partial charge >= 0.3 is 6.55 Å². The maximum absolute atomic E-state index is 12.5. The molecule has 0 bridgehead atoms. The van der Waals surface area contributed by atoms with E-state index in [4.69, 9.17) is 0 Å². The molecule has 16 heavy (non-hydrogen) atoms. The highest BCUT2D eigenvalue weighted by molar-refractivity contribution is 4.92. The SMILES string of the molecule is CCC(O)CN(C)Cc1nccn1C(F)F. The Morgan fingerprint density at radius 3 is 2.81 bits per heavy atom. The van der Waals surface area contributed by atoms with Crippen molar-refractivity contribution in [3.8, 4) is 0 Å². The standard InChI is InChI=1S/C10H17F2N3O/c1-3-8(16)6-14(2)7-9-13-4-5-15(9)10(11)12/h4-5,8,10,16H,3,6-7H2,1-2H3. The van der Waals surface area contributed by atoms with Gasteiger partial charge in [-0.2, -0.15) is 8.78 Å². The fraction of sp³-hybridized carbons (Fsp3) is 0.700. The molecule has 1 aromatic rings. The molecule has 0 saturated carbocycles. The highest BCUT2D eigenvalue weighted by Gasteiger charge is 2.14. The van der Waals surface area contributed by atoms with Gasteiger partial charge in [0.2, 0.25) is 0 Å². The van der Waals surface area contributed by atoms with Crippen molar-refractivity contribution in [3.05, 3.63) is 18.2 Å². The summed E-state index contributed by atoms with van der Waals surface area (Å²) < 4.78 is 25.8. The molecule has 0 aliphatic rings. The number of halogens is 2. The number of alkyl halides is 2. The summed E-state index contributed by atoms with van der Waals surface area (Å²) in [6.45, 7) is 0.0570. The van der Waals surface area contributed by atoms with Gasteiger partial charge < -0.3 is 5.11 Å². The van der Waals surface area contributed by atoms with E-state index < -0.39 is 12.7 Å². The number of aromatic nitrogens is 2. The molecule has 0 aliphatic carbocycles. The van der Waals surface area contributed by atoms with E-state index in [2.05, 4.69) is 4.98 Å². The molecule has 92 valence electrons. The van der Waals surface area contributed by atoms with Gasteiger partial charge in [0.25, 0.3) is 0 Å². The van der Waals surface area contributed by atoms with E-state index in [1.807, 2.05) is 6.92 Å². The number of aliphatic hydroxyl groups is 1. The van der Waals surface area contributed by atoms with Crippen LogP contribution >= 0.6 is 0 Å². The topological polar surface area (TPSA) is 41.3 Å². The summed E-state index contributed by atoms with van der Waals surface area (Å²) in [6, 6.07) is 0. The third-order valence-electron chi connectivity index (χ3n) is 2.36. The van der Waals surface area contributed by atoms with Gasteiger partial charge in [-0.1, -0.05) is 6.92 Å². The lowest BCUT2D eigenvalue weighted by Gasteiger charge is -2.19. The van der Waals surface area contributed by atoms with Crippen LogP contribution < -0.4 is 0 Å². The molecule has 6 heteroatoms. The summed E-state index contributed by atoms with van der Waals surface area (Å²) in [7, 11) is 1.77. The van der Waals surface area contributed by atoms with Crippen LogP contribution in [0, 0.1) is 0 Å². The molecule has 1 rings (SSSR count). The number of likely N-dealkylation sites (N-methyl/N-ethyl adjacent to an activating group) is 1. The summed E-state index contributed by atoms with van der Waals surface area (Å²) in [5, 5.41) is 9.42. The van der Waals surface area contributed by atoms with E-state index in [1.165, 1.54) is 12.4 Å². The largest absolute Gasteiger partial charge is 0.392 e. The van der Waals surface area contributed by atoms with Crippen LogP contribution in [-0.4, -0.2) is 39.3 Å². The van der Waals surface area contributed by atoms with Crippen LogP contribution in [0.25, 0.3) is 0 Å². The molecule has 1 N–H and O–H groups in total. The lowest BCUT2D eigenvalue weighted by Crippen LogP contribution is -2.29. The first-order chi connectivity index (χ1) is 7.54. The van der Waals surface area contributed by atoms with Crippen molar-refractivity contribution < 1.29 is 13.9 Å². The molecule has 0 radical (unpaired) electrons. The van der Waals surface area contributed by atoms with E-state index in [1.54, 1.807) is 11.9 Å². The molecule has 0 fully saturated rings. The van der Waals surface area contributed by atoms with Crippen molar-refractivity contribution in [3.63, 3.8) is 0 Å². The number of nitrogens with zero attached hydrogens (tertiary/aromatic N) is 3. The van der Waals surface area contributed by atoms with Crippen molar-refractivity contribution >= 4 is 0 Å². The Morgan fingerprint density at radius 2 is 2.25 bits per heavy atom. The van der Waals surface area contributed by atoms with Gasteiger partial charge in [0, 0.05) is 18.9 Å². The van der Waals surface area contributed by atoms with E-state index in [0.717, 1.165) is 4.57 Å². The second-order valence-corrected chi connectivity index (χ2v) is 3.79. The zero-order valence-corrected chi connectivity index (χ0v) is 9.48. The molecule has 0 aliphatic heterocycles. The maximum Gasteiger partial charge on any atom is 0.319 e. The predicted octanol–water partition coefficient (Wildman–Crippen LogP) is 1.48. The predicted molar refractivity (Wildman–Crippen MR) is 56.1 cm³/mol. The second-order valence-electron chi connectivity index (χ2n) is 3.79. The van der Waals surface area contributed by atoms with Crippen LogP contribution in [-0.2, 0) is 6.54 Å². The summed E-state index contributed by atoms with van der Waals surface area (Å²) in [5.41, 5.74) is 0. The van der Waals surface area contributed by atoms with Gasteiger partial charge in [0.05, 0.1) is 12.6 Å². The van der Waals surface area contributed by atoms with Crippen LogP contribution in [0.15, 0.2) is 12.4 Å². The number of rotatable bonds is 6. The van der Waals surface area contributed by atoms with Crippen LogP contribution in [0.3, 0.4) is 0 Å². The quantitative estimate of drug-likeness (QED) is 0.809. The lowest BCUT2D eigenvalue weighted by molar-refractivity contribution is 0.0624. The summed E-state index contributed by atoms with van der Waals surface area (Å²) in [4.78, 5) is 5.64. The van der Waals surface area contributed by atoms with E-state index in [9.17, 15) is 13.9 Å². The minimum atomic E-state index is -2.57. The molecule has 0 spiro atoms. The number of hydrogen-bond acceptors (Lipinski definition) is 3. The normalized spacial score (nSPS) is 13.7.